The Kier molecular flexibility index (Phi) is 45.7. The van der Waals surface area contributed by atoms with Crippen molar-refractivity contribution in [2.45, 2.75) is 272 Å². The van der Waals surface area contributed by atoms with Crippen LogP contribution >= 0.6 is 0 Å². The quantitative estimate of drug-likeness (QED) is 0.0610. The molecule has 0 amide bonds. The zero-order valence-corrected chi connectivity index (χ0v) is 43.9. The van der Waals surface area contributed by atoms with E-state index in [1.807, 2.05) is 8.61 Å². The van der Waals surface area contributed by atoms with E-state index >= 15 is 0 Å². The van der Waals surface area contributed by atoms with Crippen LogP contribution in [0.15, 0.2) is 0 Å². The topological polar surface area (TPSA) is 104 Å². The largest absolute Gasteiger partial charge is 0.330 e. The van der Waals surface area contributed by atoms with Crippen LogP contribution in [-0.4, -0.2) is 94.2 Å². The molecule has 0 radical (unpaired) electrons. The Balaban J connectivity index is 4.79. The standard InChI is InChI=1S/C52H110N4O4S2/c1-5-9-13-17-21-23-27-38-49-55(47-36-25-19-15-11-7-3)61(57,58)51-41-31-29-34-44-54(46-40-33-43-53)45-35-30-32-42-52-62(59,60)56(48-37-26-20-16-12-8-4)50-39-28-24-22-18-14-10-6-2/h5-53H2,1-4H3. The van der Waals surface area contributed by atoms with Gasteiger partial charge in [0.15, 0.2) is 0 Å². The molecule has 0 fully saturated rings. The number of nitrogens with two attached hydrogens (primary N) is 1. The van der Waals surface area contributed by atoms with E-state index in [9.17, 15) is 16.8 Å². The second-order valence-electron chi connectivity index (χ2n) is 19.1. The highest BCUT2D eigenvalue weighted by molar-refractivity contribution is 7.89. The van der Waals surface area contributed by atoms with Crippen molar-refractivity contribution < 1.29 is 16.8 Å². The average molecular weight is 920 g/mol. The molecule has 0 aromatic carbocycles. The minimum Gasteiger partial charge on any atom is -0.330 e. The number of rotatable bonds is 52. The summed E-state index contributed by atoms with van der Waals surface area (Å²) in [6.07, 6.45) is 43.8. The van der Waals surface area contributed by atoms with Crippen LogP contribution in [0.2, 0.25) is 0 Å². The first kappa shape index (κ1) is 61.7. The van der Waals surface area contributed by atoms with Crippen LogP contribution in [0.1, 0.15) is 272 Å². The van der Waals surface area contributed by atoms with Crippen LogP contribution in [0.4, 0.5) is 0 Å². The lowest BCUT2D eigenvalue weighted by molar-refractivity contribution is 0.256. The Morgan fingerprint density at radius 2 is 0.484 bits per heavy atom. The Morgan fingerprint density at radius 3 is 0.742 bits per heavy atom. The van der Waals surface area contributed by atoms with Crippen molar-refractivity contribution in [3.63, 3.8) is 0 Å². The van der Waals surface area contributed by atoms with Crippen molar-refractivity contribution in [3.05, 3.63) is 0 Å². The minimum atomic E-state index is -3.23. The fraction of sp³-hybridized carbons (Fsp3) is 1.00. The monoisotopic (exact) mass is 919 g/mol. The van der Waals surface area contributed by atoms with Gasteiger partial charge in [0.25, 0.3) is 0 Å². The summed E-state index contributed by atoms with van der Waals surface area (Å²) in [5.74, 6) is 0.567. The zero-order valence-electron chi connectivity index (χ0n) is 42.3. The summed E-state index contributed by atoms with van der Waals surface area (Å²) in [7, 11) is -6.45. The molecule has 0 heterocycles. The van der Waals surface area contributed by atoms with Crippen molar-refractivity contribution >= 4 is 20.0 Å². The molecule has 0 rings (SSSR count). The molecular formula is C52H110N4O4S2. The first-order valence-corrected chi connectivity index (χ1v) is 30.8. The molecule has 0 atom stereocenters. The van der Waals surface area contributed by atoms with E-state index in [0.717, 1.165) is 142 Å². The summed E-state index contributed by atoms with van der Waals surface area (Å²) >= 11 is 0. The van der Waals surface area contributed by atoms with Crippen LogP contribution in [0.25, 0.3) is 0 Å². The molecule has 62 heavy (non-hydrogen) atoms. The Labute approximate surface area is 389 Å². The van der Waals surface area contributed by atoms with Crippen LogP contribution < -0.4 is 5.73 Å². The van der Waals surface area contributed by atoms with Crippen molar-refractivity contribution in [2.24, 2.45) is 5.73 Å². The average Bonchev–Trinajstić information content (AvgIpc) is 3.25. The van der Waals surface area contributed by atoms with E-state index in [-0.39, 0.29) is 11.5 Å². The van der Waals surface area contributed by atoms with Gasteiger partial charge < -0.3 is 10.6 Å². The van der Waals surface area contributed by atoms with Gasteiger partial charge in [-0.15, -0.1) is 0 Å². The maximum Gasteiger partial charge on any atom is 0.214 e. The van der Waals surface area contributed by atoms with Crippen LogP contribution in [0.5, 0.6) is 0 Å². The SMILES string of the molecule is CCCCCCCCCCN(CCCCCCCC)S(=O)(=O)CCCCCCN(CCCCN)CCCCCCS(=O)(=O)N(CCCCCCCC)CCCCCCCCCC. The molecule has 0 aromatic heterocycles. The van der Waals surface area contributed by atoms with Gasteiger partial charge in [-0.25, -0.2) is 25.4 Å². The third kappa shape index (κ3) is 39.0. The maximum absolute atomic E-state index is 13.6. The van der Waals surface area contributed by atoms with E-state index < -0.39 is 20.0 Å². The molecule has 2 N–H and O–H groups in total. The van der Waals surface area contributed by atoms with Crippen LogP contribution in [-0.2, 0) is 20.0 Å². The lowest BCUT2D eigenvalue weighted by Gasteiger charge is -2.23. The maximum atomic E-state index is 13.6. The molecule has 0 unspecified atom stereocenters. The van der Waals surface area contributed by atoms with Crippen molar-refractivity contribution in [2.75, 3.05) is 63.9 Å². The first-order valence-electron chi connectivity index (χ1n) is 27.6. The second-order valence-corrected chi connectivity index (χ2v) is 23.3. The van der Waals surface area contributed by atoms with Gasteiger partial charge in [-0.05, 0) is 90.4 Å². The van der Waals surface area contributed by atoms with Gasteiger partial charge >= 0.3 is 0 Å². The third-order valence-corrected chi connectivity index (χ3v) is 16.9. The van der Waals surface area contributed by atoms with Gasteiger partial charge in [0.1, 0.15) is 0 Å². The molecule has 0 aliphatic rings. The summed E-state index contributed by atoms with van der Waals surface area (Å²) in [4.78, 5) is 2.57. The van der Waals surface area contributed by atoms with Gasteiger partial charge in [0.2, 0.25) is 20.0 Å². The number of unbranched alkanes of at least 4 members (excludes halogenated alkanes) is 31. The van der Waals surface area contributed by atoms with Gasteiger partial charge in [-0.3, -0.25) is 0 Å². The Hall–Kier alpha value is -0.260. The van der Waals surface area contributed by atoms with Gasteiger partial charge in [0, 0.05) is 26.2 Å². The molecule has 0 aromatic rings. The molecule has 10 heteroatoms. The lowest BCUT2D eigenvalue weighted by Crippen LogP contribution is -2.35. The van der Waals surface area contributed by atoms with E-state index in [0.29, 0.717) is 26.2 Å². The molecule has 0 saturated carbocycles. The highest BCUT2D eigenvalue weighted by Gasteiger charge is 2.22. The van der Waals surface area contributed by atoms with Crippen molar-refractivity contribution in [1.82, 2.24) is 13.5 Å². The molecule has 0 saturated heterocycles. The van der Waals surface area contributed by atoms with E-state index in [4.69, 9.17) is 5.73 Å². The van der Waals surface area contributed by atoms with E-state index in [1.54, 1.807) is 0 Å². The van der Waals surface area contributed by atoms with Crippen molar-refractivity contribution in [3.8, 4) is 0 Å². The summed E-state index contributed by atoms with van der Waals surface area (Å²) < 4.78 is 57.9. The molecular weight excluding hydrogens is 809 g/mol. The summed E-state index contributed by atoms with van der Waals surface area (Å²) in [5.41, 5.74) is 5.84. The van der Waals surface area contributed by atoms with E-state index in [1.165, 1.54) is 128 Å². The fourth-order valence-corrected chi connectivity index (χ4v) is 12.1. The Bertz CT molecular complexity index is 1040. The van der Waals surface area contributed by atoms with Crippen LogP contribution in [0, 0.1) is 0 Å². The predicted molar refractivity (Wildman–Crippen MR) is 274 cm³/mol. The fourth-order valence-electron chi connectivity index (χ4n) is 8.78. The minimum absolute atomic E-state index is 0.284. The van der Waals surface area contributed by atoms with Gasteiger partial charge in [-0.2, -0.15) is 0 Å². The highest BCUT2D eigenvalue weighted by atomic mass is 32.2. The number of hydrogen-bond acceptors (Lipinski definition) is 6. The molecule has 0 aliphatic carbocycles. The molecule has 8 nitrogen and oxygen atoms in total. The summed E-state index contributed by atoms with van der Waals surface area (Å²) in [6, 6.07) is 0. The number of sulfonamides is 2. The predicted octanol–water partition coefficient (Wildman–Crippen LogP) is 14.4. The second kappa shape index (κ2) is 45.9. The lowest BCUT2D eigenvalue weighted by atomic mass is 10.1. The Morgan fingerprint density at radius 1 is 0.274 bits per heavy atom. The number of hydrogen-bond donors (Lipinski definition) is 1. The molecule has 0 aliphatic heterocycles. The van der Waals surface area contributed by atoms with Gasteiger partial charge in [0.05, 0.1) is 11.5 Å². The normalized spacial score (nSPS) is 12.5. The zero-order chi connectivity index (χ0) is 45.7. The summed E-state index contributed by atoms with van der Waals surface area (Å²) in [6.45, 7) is 15.6. The van der Waals surface area contributed by atoms with Gasteiger partial charge in [-0.1, -0.05) is 207 Å². The van der Waals surface area contributed by atoms with E-state index in [2.05, 4.69) is 32.6 Å². The third-order valence-electron chi connectivity index (χ3n) is 13.0. The first-order chi connectivity index (χ1) is 30.2. The van der Waals surface area contributed by atoms with Crippen molar-refractivity contribution in [1.29, 1.82) is 0 Å². The van der Waals surface area contributed by atoms with Crippen LogP contribution in [0.3, 0.4) is 0 Å². The summed E-state index contributed by atoms with van der Waals surface area (Å²) in [5, 5.41) is 0. The highest BCUT2D eigenvalue weighted by Crippen LogP contribution is 2.17. The molecule has 0 bridgehead atoms. The molecule has 0 spiro atoms. The molecule has 374 valence electrons. The number of nitrogens with zero attached hydrogens (tertiary/aromatic N) is 3. The smallest absolute Gasteiger partial charge is 0.214 e.